The summed E-state index contributed by atoms with van der Waals surface area (Å²) in [5.41, 5.74) is 1.94. The van der Waals surface area contributed by atoms with E-state index < -0.39 is 0 Å². The smallest absolute Gasteiger partial charge is 0.182 e. The second-order valence-electron chi connectivity index (χ2n) is 5.10. The minimum atomic E-state index is 0.137. The molecule has 0 N–H and O–H groups in total. The molecule has 0 radical (unpaired) electrons. The summed E-state index contributed by atoms with van der Waals surface area (Å²) in [6, 6.07) is 8.02. The largest absolute Gasteiger partial charge is 0.347 e. The number of carbonyl (C=O) groups is 1. The summed E-state index contributed by atoms with van der Waals surface area (Å²) < 4.78 is 0. The van der Waals surface area contributed by atoms with Crippen molar-refractivity contribution in [2.24, 2.45) is 0 Å². The Balaban J connectivity index is 1.96. The van der Waals surface area contributed by atoms with Gasteiger partial charge in [-0.05, 0) is 33.2 Å². The van der Waals surface area contributed by atoms with E-state index >= 15 is 0 Å². The Kier molecular flexibility index (Phi) is 4.17. The zero-order valence-electron chi connectivity index (χ0n) is 11.7. The lowest BCUT2D eigenvalue weighted by atomic mass is 10.1. The lowest BCUT2D eigenvalue weighted by Gasteiger charge is -2.24. The van der Waals surface area contributed by atoms with Gasteiger partial charge in [0.1, 0.15) is 0 Å². The number of hydrogen-bond donors (Lipinski definition) is 0. The molecule has 1 heterocycles. The third-order valence-corrected chi connectivity index (χ3v) is 3.25. The molecule has 100 valence electrons. The van der Waals surface area contributed by atoms with Crippen LogP contribution in [-0.2, 0) is 0 Å². The Morgan fingerprint density at radius 3 is 2.26 bits per heavy atom. The molecule has 1 aliphatic heterocycles. The molecule has 1 aromatic carbocycles. The first-order valence-electron chi connectivity index (χ1n) is 6.45. The fraction of sp³-hybridized carbons (Fsp3) is 0.312. The number of ketones is 1. The van der Waals surface area contributed by atoms with Crippen molar-refractivity contribution in [1.29, 1.82) is 0 Å². The number of nitrogens with zero attached hydrogens (tertiary/aromatic N) is 2. The van der Waals surface area contributed by atoms with Crippen molar-refractivity contribution >= 4 is 5.78 Å². The van der Waals surface area contributed by atoms with Gasteiger partial charge in [0, 0.05) is 24.0 Å². The second-order valence-corrected chi connectivity index (χ2v) is 5.10. The molecule has 0 spiro atoms. The Morgan fingerprint density at radius 1 is 1.16 bits per heavy atom. The number of Topliss-reactive ketones (excluding diaryl/α,β-unsaturated/α-hetero) is 1. The van der Waals surface area contributed by atoms with Crippen LogP contribution in [0.5, 0.6) is 0 Å². The highest BCUT2D eigenvalue weighted by Crippen LogP contribution is 2.10. The molecule has 0 amide bonds. The van der Waals surface area contributed by atoms with Crippen molar-refractivity contribution in [3.63, 3.8) is 0 Å². The molecule has 2 rings (SSSR count). The van der Waals surface area contributed by atoms with Gasteiger partial charge in [-0.15, -0.1) is 0 Å². The lowest BCUT2D eigenvalue weighted by Crippen LogP contribution is -2.29. The van der Waals surface area contributed by atoms with Gasteiger partial charge in [0.15, 0.2) is 5.78 Å². The van der Waals surface area contributed by atoms with Crippen molar-refractivity contribution < 1.29 is 4.79 Å². The normalized spacial score (nSPS) is 15.3. The van der Waals surface area contributed by atoms with E-state index in [4.69, 9.17) is 0 Å². The number of likely N-dealkylation sites (N-methyl/N-ethyl adjacent to an activating group) is 1. The van der Waals surface area contributed by atoms with Crippen molar-refractivity contribution in [3.8, 4) is 0 Å². The van der Waals surface area contributed by atoms with Crippen LogP contribution >= 0.6 is 0 Å². The summed E-state index contributed by atoms with van der Waals surface area (Å²) in [5, 5.41) is 0. The number of carbonyl (C=O) groups excluding carboxylic acids is 1. The van der Waals surface area contributed by atoms with Crippen LogP contribution in [0.15, 0.2) is 48.8 Å². The Morgan fingerprint density at radius 2 is 1.74 bits per heavy atom. The third-order valence-electron chi connectivity index (χ3n) is 3.25. The highest BCUT2D eigenvalue weighted by atomic mass is 16.1. The van der Waals surface area contributed by atoms with E-state index in [0.29, 0.717) is 12.6 Å². The molecule has 19 heavy (non-hydrogen) atoms. The van der Waals surface area contributed by atoms with Gasteiger partial charge in [-0.3, -0.25) is 9.69 Å². The predicted octanol–water partition coefficient (Wildman–Crippen LogP) is 2.45. The van der Waals surface area contributed by atoms with Crippen LogP contribution in [0, 0.1) is 6.92 Å². The summed E-state index contributed by atoms with van der Waals surface area (Å²) >= 11 is 0. The van der Waals surface area contributed by atoms with Gasteiger partial charge in [0.2, 0.25) is 0 Å². The third kappa shape index (κ3) is 3.55. The van der Waals surface area contributed by atoms with E-state index in [1.54, 1.807) is 0 Å². The molecule has 3 nitrogen and oxygen atoms in total. The zero-order chi connectivity index (χ0) is 13.8. The molecule has 0 aromatic heterocycles. The van der Waals surface area contributed by atoms with Crippen molar-refractivity contribution in [3.05, 3.63) is 59.9 Å². The topological polar surface area (TPSA) is 23.6 Å². The summed E-state index contributed by atoms with van der Waals surface area (Å²) in [7, 11) is 4.07. The van der Waals surface area contributed by atoms with E-state index in [-0.39, 0.29) is 5.78 Å². The fourth-order valence-corrected chi connectivity index (χ4v) is 1.96. The molecule has 0 aliphatic carbocycles. The standard InChI is InChI=1S/C16H20N2O/c1-13-4-6-14(7-5-13)16(19)12-18-10-8-15(9-11-18)17(2)3/h4-11,15H,12H2,1-3H3. The van der Waals surface area contributed by atoms with Crippen LogP contribution in [0.4, 0.5) is 0 Å². The predicted molar refractivity (Wildman–Crippen MR) is 78.0 cm³/mol. The van der Waals surface area contributed by atoms with Crippen LogP contribution in [0.3, 0.4) is 0 Å². The first-order valence-corrected chi connectivity index (χ1v) is 6.45. The zero-order valence-corrected chi connectivity index (χ0v) is 11.7. The minimum absolute atomic E-state index is 0.137. The maximum absolute atomic E-state index is 12.1. The SMILES string of the molecule is Cc1ccc(C(=O)CN2C=CC(N(C)C)C=C2)cc1. The quantitative estimate of drug-likeness (QED) is 0.773. The van der Waals surface area contributed by atoms with Gasteiger partial charge in [-0.2, -0.15) is 0 Å². The monoisotopic (exact) mass is 256 g/mol. The highest BCUT2D eigenvalue weighted by Gasteiger charge is 2.12. The Bertz CT molecular complexity index is 486. The van der Waals surface area contributed by atoms with Gasteiger partial charge in [-0.1, -0.05) is 29.8 Å². The Labute approximate surface area is 114 Å². The molecule has 0 bridgehead atoms. The molecular formula is C16H20N2O. The molecule has 0 saturated carbocycles. The van der Waals surface area contributed by atoms with Crippen LogP contribution in [0.25, 0.3) is 0 Å². The molecule has 0 atom stereocenters. The summed E-state index contributed by atoms with van der Waals surface area (Å²) in [6.07, 6.45) is 8.11. The van der Waals surface area contributed by atoms with Crippen LogP contribution in [0.2, 0.25) is 0 Å². The van der Waals surface area contributed by atoms with E-state index in [2.05, 4.69) is 17.1 Å². The lowest BCUT2D eigenvalue weighted by molar-refractivity contribution is 0.0969. The average Bonchev–Trinajstić information content (AvgIpc) is 2.40. The summed E-state index contributed by atoms with van der Waals surface area (Å²) in [5.74, 6) is 0.137. The molecule has 3 heteroatoms. The van der Waals surface area contributed by atoms with Gasteiger partial charge in [0.05, 0.1) is 6.54 Å². The maximum atomic E-state index is 12.1. The van der Waals surface area contributed by atoms with Crippen LogP contribution in [-0.4, -0.2) is 42.3 Å². The van der Waals surface area contributed by atoms with Crippen LogP contribution in [0.1, 0.15) is 15.9 Å². The molecular weight excluding hydrogens is 236 g/mol. The van der Waals surface area contributed by atoms with Crippen molar-refractivity contribution in [1.82, 2.24) is 9.80 Å². The first kappa shape index (κ1) is 13.6. The molecule has 0 unspecified atom stereocenters. The van der Waals surface area contributed by atoms with Gasteiger partial charge >= 0.3 is 0 Å². The summed E-state index contributed by atoms with van der Waals surface area (Å²) in [4.78, 5) is 16.2. The summed E-state index contributed by atoms with van der Waals surface area (Å²) in [6.45, 7) is 2.40. The number of aryl methyl sites for hydroxylation is 1. The number of rotatable bonds is 4. The van der Waals surface area contributed by atoms with Gasteiger partial charge < -0.3 is 4.90 Å². The number of benzene rings is 1. The van der Waals surface area contributed by atoms with Crippen molar-refractivity contribution in [2.45, 2.75) is 13.0 Å². The molecule has 1 aliphatic rings. The Hall–Kier alpha value is -1.87. The maximum Gasteiger partial charge on any atom is 0.182 e. The van der Waals surface area contributed by atoms with E-state index in [0.717, 1.165) is 5.56 Å². The van der Waals surface area contributed by atoms with Gasteiger partial charge in [0.25, 0.3) is 0 Å². The molecule has 0 saturated heterocycles. The fourth-order valence-electron chi connectivity index (χ4n) is 1.96. The first-order chi connectivity index (χ1) is 9.06. The number of hydrogen-bond acceptors (Lipinski definition) is 3. The van der Waals surface area contributed by atoms with Gasteiger partial charge in [-0.25, -0.2) is 0 Å². The molecule has 0 fully saturated rings. The van der Waals surface area contributed by atoms with Crippen molar-refractivity contribution in [2.75, 3.05) is 20.6 Å². The second kappa shape index (κ2) is 5.85. The van der Waals surface area contributed by atoms with Crippen LogP contribution < -0.4 is 0 Å². The van der Waals surface area contributed by atoms with E-state index in [1.807, 2.05) is 62.6 Å². The molecule has 1 aromatic rings. The van der Waals surface area contributed by atoms with E-state index in [1.165, 1.54) is 5.56 Å². The minimum Gasteiger partial charge on any atom is -0.347 e. The average molecular weight is 256 g/mol. The van der Waals surface area contributed by atoms with E-state index in [9.17, 15) is 4.79 Å². The highest BCUT2D eigenvalue weighted by molar-refractivity contribution is 5.97.